The maximum Gasteiger partial charge on any atom is 0.227 e. The molecule has 0 saturated carbocycles. The van der Waals surface area contributed by atoms with Gasteiger partial charge in [0.05, 0.1) is 18.3 Å². The lowest BCUT2D eigenvalue weighted by Crippen LogP contribution is -2.27. The van der Waals surface area contributed by atoms with Crippen LogP contribution in [0.5, 0.6) is 0 Å². The van der Waals surface area contributed by atoms with Gasteiger partial charge in [0.1, 0.15) is 0 Å². The average molecular weight is 348 g/mol. The Morgan fingerprint density at radius 3 is 2.31 bits per heavy atom. The normalized spacial score (nSPS) is 10.6. The zero-order chi connectivity index (χ0) is 18.5. The van der Waals surface area contributed by atoms with Gasteiger partial charge in [-0.1, -0.05) is 30.3 Å². The van der Waals surface area contributed by atoms with Crippen molar-refractivity contribution in [1.82, 2.24) is 14.7 Å². The molecule has 0 radical (unpaired) electrons. The van der Waals surface area contributed by atoms with Crippen molar-refractivity contribution < 1.29 is 4.79 Å². The van der Waals surface area contributed by atoms with E-state index in [0.29, 0.717) is 13.0 Å². The van der Waals surface area contributed by atoms with Crippen LogP contribution >= 0.6 is 0 Å². The summed E-state index contributed by atoms with van der Waals surface area (Å²) in [7, 11) is 5.87. The number of rotatable bonds is 6. The van der Waals surface area contributed by atoms with Gasteiger partial charge in [0, 0.05) is 39.6 Å². The highest BCUT2D eigenvalue weighted by Gasteiger charge is 2.12. The molecule has 0 aliphatic carbocycles. The van der Waals surface area contributed by atoms with Crippen molar-refractivity contribution in [3.8, 4) is 5.69 Å². The predicted molar refractivity (Wildman–Crippen MR) is 105 cm³/mol. The molecule has 1 aromatic heterocycles. The van der Waals surface area contributed by atoms with E-state index < -0.39 is 0 Å². The molecule has 26 heavy (non-hydrogen) atoms. The maximum atomic E-state index is 12.5. The number of para-hydroxylation sites is 1. The van der Waals surface area contributed by atoms with Gasteiger partial charge in [-0.25, -0.2) is 4.68 Å². The Kier molecular flexibility index (Phi) is 5.37. The lowest BCUT2D eigenvalue weighted by atomic mass is 10.1. The zero-order valence-electron chi connectivity index (χ0n) is 15.5. The molecule has 2 aromatic carbocycles. The highest BCUT2D eigenvalue weighted by molar-refractivity contribution is 5.78. The number of likely N-dealkylation sites (N-methyl/N-ethyl adjacent to an activating group) is 1. The lowest BCUT2D eigenvalue weighted by Gasteiger charge is -2.18. The fourth-order valence-electron chi connectivity index (χ4n) is 2.74. The number of nitrogens with zero attached hydrogens (tertiary/aromatic N) is 4. The number of benzene rings is 2. The lowest BCUT2D eigenvalue weighted by molar-refractivity contribution is -0.129. The predicted octanol–water partition coefficient (Wildman–Crippen LogP) is 3.14. The molecule has 0 aliphatic heterocycles. The van der Waals surface area contributed by atoms with Crippen molar-refractivity contribution in [3.05, 3.63) is 78.1 Å². The largest absolute Gasteiger partial charge is 0.378 e. The number of aromatic nitrogens is 2. The first kappa shape index (κ1) is 17.7. The van der Waals surface area contributed by atoms with Crippen LogP contribution in [0.15, 0.2) is 67.0 Å². The standard InChI is InChI=1S/C21H24N4O/c1-23(2)19-11-9-17(10-12-19)15-24(3)21(26)13-18-14-22-25(16-18)20-7-5-4-6-8-20/h4-12,14,16H,13,15H2,1-3H3. The number of amides is 1. The SMILES string of the molecule is CN(Cc1ccc(N(C)C)cc1)C(=O)Cc1cnn(-c2ccccc2)c1. The monoisotopic (exact) mass is 348 g/mol. The van der Waals surface area contributed by atoms with Crippen molar-refractivity contribution in [2.45, 2.75) is 13.0 Å². The Hall–Kier alpha value is -3.08. The summed E-state index contributed by atoms with van der Waals surface area (Å²) in [4.78, 5) is 16.3. The van der Waals surface area contributed by atoms with Crippen molar-refractivity contribution in [3.63, 3.8) is 0 Å². The van der Waals surface area contributed by atoms with Crippen LogP contribution in [0.25, 0.3) is 5.69 Å². The molecule has 0 saturated heterocycles. The fourth-order valence-corrected chi connectivity index (χ4v) is 2.74. The van der Waals surface area contributed by atoms with Gasteiger partial charge in [-0.15, -0.1) is 0 Å². The van der Waals surface area contributed by atoms with Gasteiger partial charge in [-0.2, -0.15) is 5.10 Å². The van der Waals surface area contributed by atoms with E-state index in [2.05, 4.69) is 34.3 Å². The second-order valence-electron chi connectivity index (χ2n) is 6.62. The summed E-state index contributed by atoms with van der Waals surface area (Å²) in [6, 6.07) is 18.1. The molecule has 0 fully saturated rings. The van der Waals surface area contributed by atoms with Gasteiger partial charge in [-0.3, -0.25) is 4.79 Å². The Morgan fingerprint density at radius 2 is 1.65 bits per heavy atom. The topological polar surface area (TPSA) is 41.4 Å². The van der Waals surface area contributed by atoms with Crippen LogP contribution in [-0.2, 0) is 17.8 Å². The highest BCUT2D eigenvalue weighted by Crippen LogP contribution is 2.14. The summed E-state index contributed by atoms with van der Waals surface area (Å²) >= 11 is 0. The van der Waals surface area contributed by atoms with Crippen molar-refractivity contribution in [2.75, 3.05) is 26.0 Å². The van der Waals surface area contributed by atoms with E-state index in [1.165, 1.54) is 0 Å². The molecule has 0 atom stereocenters. The zero-order valence-corrected chi connectivity index (χ0v) is 15.5. The van der Waals surface area contributed by atoms with Gasteiger partial charge in [0.15, 0.2) is 0 Å². The van der Waals surface area contributed by atoms with E-state index in [0.717, 1.165) is 22.5 Å². The third-order valence-corrected chi connectivity index (χ3v) is 4.31. The van der Waals surface area contributed by atoms with Gasteiger partial charge < -0.3 is 9.80 Å². The minimum Gasteiger partial charge on any atom is -0.378 e. The summed E-state index contributed by atoms with van der Waals surface area (Å²) in [6.45, 7) is 0.597. The molecule has 0 unspecified atom stereocenters. The third-order valence-electron chi connectivity index (χ3n) is 4.31. The van der Waals surface area contributed by atoms with Crippen molar-refractivity contribution >= 4 is 11.6 Å². The summed E-state index contributed by atoms with van der Waals surface area (Å²) < 4.78 is 1.79. The highest BCUT2D eigenvalue weighted by atomic mass is 16.2. The smallest absolute Gasteiger partial charge is 0.227 e. The van der Waals surface area contributed by atoms with E-state index in [9.17, 15) is 4.79 Å². The Morgan fingerprint density at radius 1 is 0.962 bits per heavy atom. The van der Waals surface area contributed by atoms with Gasteiger partial charge >= 0.3 is 0 Å². The fraction of sp³-hybridized carbons (Fsp3) is 0.238. The number of hydrogen-bond acceptors (Lipinski definition) is 3. The number of carbonyl (C=O) groups excluding carboxylic acids is 1. The Balaban J connectivity index is 1.60. The maximum absolute atomic E-state index is 12.5. The first-order chi connectivity index (χ1) is 12.5. The first-order valence-corrected chi connectivity index (χ1v) is 8.62. The molecule has 1 heterocycles. The molecular formula is C21H24N4O. The molecule has 5 nitrogen and oxygen atoms in total. The molecule has 3 rings (SSSR count). The first-order valence-electron chi connectivity index (χ1n) is 8.62. The second kappa shape index (κ2) is 7.87. The van der Waals surface area contributed by atoms with Crippen molar-refractivity contribution in [2.24, 2.45) is 0 Å². The summed E-state index contributed by atoms with van der Waals surface area (Å²) in [5.41, 5.74) is 4.16. The van der Waals surface area contributed by atoms with Gasteiger partial charge in [-0.05, 0) is 35.4 Å². The van der Waals surface area contributed by atoms with E-state index in [1.807, 2.05) is 57.7 Å². The minimum atomic E-state index is 0.0781. The van der Waals surface area contributed by atoms with E-state index in [-0.39, 0.29) is 5.91 Å². The quantitative estimate of drug-likeness (QED) is 0.687. The molecule has 5 heteroatoms. The molecule has 1 amide bonds. The molecule has 0 spiro atoms. The average Bonchev–Trinajstić information content (AvgIpc) is 3.11. The van der Waals surface area contributed by atoms with E-state index >= 15 is 0 Å². The number of anilines is 1. The van der Waals surface area contributed by atoms with Crippen LogP contribution < -0.4 is 4.90 Å². The molecule has 0 N–H and O–H groups in total. The van der Waals surface area contributed by atoms with Gasteiger partial charge in [0.2, 0.25) is 5.91 Å². The van der Waals surface area contributed by atoms with Crippen LogP contribution in [0.1, 0.15) is 11.1 Å². The van der Waals surface area contributed by atoms with Gasteiger partial charge in [0.25, 0.3) is 0 Å². The van der Waals surface area contributed by atoms with Crippen LogP contribution in [0, 0.1) is 0 Å². The van der Waals surface area contributed by atoms with Crippen LogP contribution in [0.2, 0.25) is 0 Å². The summed E-state index contributed by atoms with van der Waals surface area (Å²) in [5, 5.41) is 4.35. The van der Waals surface area contributed by atoms with E-state index in [1.54, 1.807) is 15.8 Å². The van der Waals surface area contributed by atoms with Crippen LogP contribution in [0.3, 0.4) is 0 Å². The van der Waals surface area contributed by atoms with E-state index in [4.69, 9.17) is 0 Å². The summed E-state index contributed by atoms with van der Waals surface area (Å²) in [6.07, 6.45) is 4.01. The molecule has 134 valence electrons. The second-order valence-corrected chi connectivity index (χ2v) is 6.62. The number of hydrogen-bond donors (Lipinski definition) is 0. The molecule has 3 aromatic rings. The minimum absolute atomic E-state index is 0.0781. The number of carbonyl (C=O) groups is 1. The molecule has 0 aliphatic rings. The Bertz CT molecular complexity index is 853. The summed E-state index contributed by atoms with van der Waals surface area (Å²) in [5.74, 6) is 0.0781. The van der Waals surface area contributed by atoms with Crippen molar-refractivity contribution in [1.29, 1.82) is 0 Å². The van der Waals surface area contributed by atoms with Crippen LogP contribution in [0.4, 0.5) is 5.69 Å². The Labute approximate surface area is 154 Å². The molecule has 0 bridgehead atoms. The van der Waals surface area contributed by atoms with Crippen LogP contribution in [-0.4, -0.2) is 41.7 Å². The third kappa shape index (κ3) is 4.30. The molecular weight excluding hydrogens is 324 g/mol.